The molecule has 2 aromatic rings. The first kappa shape index (κ1) is 29.1. The molecule has 3 rings (SSSR count). The fourth-order valence-corrected chi connectivity index (χ4v) is 5.20. The summed E-state index contributed by atoms with van der Waals surface area (Å²) in [6, 6.07) is 5.51. The number of aromatic nitrogens is 1. The average Bonchev–Trinajstić information content (AvgIpc) is 3.45. The summed E-state index contributed by atoms with van der Waals surface area (Å²) in [4.78, 5) is 56.5. The van der Waals surface area contributed by atoms with Crippen molar-refractivity contribution in [2.45, 2.75) is 65.3 Å². The van der Waals surface area contributed by atoms with Crippen molar-refractivity contribution in [1.82, 2.24) is 25.8 Å². The van der Waals surface area contributed by atoms with Crippen molar-refractivity contribution in [3.63, 3.8) is 0 Å². The standard InChI is InChI=1S/C26H35N5O6S/c1-14(16-6-8-17(9-7-16)21-15(2)28-13-38-21)29-23(34)19-10-18(32)12-31(19)24(35)22(26(3,4)5)30-20(33)11-27-25(36)37/h6-9,13-14,18-19,22,27,32H,10-12H2,1-5H3,(H,29,34)(H,30,33)(H,36,37)/t14-,18+,19-,22?/m0/s1. The fourth-order valence-electron chi connectivity index (χ4n) is 4.38. The molecule has 1 aromatic heterocycles. The third kappa shape index (κ3) is 7.07. The van der Waals surface area contributed by atoms with Gasteiger partial charge >= 0.3 is 6.09 Å². The highest BCUT2D eigenvalue weighted by atomic mass is 32.1. The predicted molar refractivity (Wildman–Crippen MR) is 142 cm³/mol. The smallest absolute Gasteiger partial charge is 0.405 e. The van der Waals surface area contributed by atoms with E-state index in [9.17, 15) is 24.3 Å². The summed E-state index contributed by atoms with van der Waals surface area (Å²) in [6.07, 6.45) is -2.18. The number of thiazole rings is 1. The van der Waals surface area contributed by atoms with Crippen LogP contribution in [0.25, 0.3) is 10.4 Å². The Morgan fingerprint density at radius 3 is 2.37 bits per heavy atom. The lowest BCUT2D eigenvalue weighted by Crippen LogP contribution is -2.58. The maximum absolute atomic E-state index is 13.5. The number of hydrogen-bond donors (Lipinski definition) is 5. The molecule has 4 amide bonds. The van der Waals surface area contributed by atoms with E-state index in [0.717, 1.165) is 21.7 Å². The van der Waals surface area contributed by atoms with Gasteiger partial charge < -0.3 is 31.1 Å². The lowest BCUT2D eigenvalue weighted by molar-refractivity contribution is -0.144. The Morgan fingerprint density at radius 2 is 1.82 bits per heavy atom. The molecule has 5 N–H and O–H groups in total. The van der Waals surface area contributed by atoms with E-state index >= 15 is 0 Å². The number of carbonyl (C=O) groups is 4. The van der Waals surface area contributed by atoms with Crippen LogP contribution >= 0.6 is 11.3 Å². The molecule has 0 aliphatic carbocycles. The number of nitrogens with zero attached hydrogens (tertiary/aromatic N) is 2. The van der Waals surface area contributed by atoms with E-state index in [1.54, 1.807) is 37.6 Å². The van der Waals surface area contributed by atoms with E-state index in [2.05, 4.69) is 15.6 Å². The molecule has 206 valence electrons. The van der Waals surface area contributed by atoms with Gasteiger partial charge in [-0.15, -0.1) is 11.3 Å². The molecule has 1 unspecified atom stereocenters. The molecule has 0 spiro atoms. The molecule has 1 aliphatic rings. The maximum atomic E-state index is 13.5. The van der Waals surface area contributed by atoms with Gasteiger partial charge in [-0.1, -0.05) is 45.0 Å². The van der Waals surface area contributed by atoms with Crippen LogP contribution < -0.4 is 16.0 Å². The van der Waals surface area contributed by atoms with Crippen molar-refractivity contribution in [1.29, 1.82) is 0 Å². The van der Waals surface area contributed by atoms with Crippen molar-refractivity contribution in [3.05, 3.63) is 41.0 Å². The summed E-state index contributed by atoms with van der Waals surface area (Å²) in [7, 11) is 0. The lowest BCUT2D eigenvalue weighted by Gasteiger charge is -2.35. The Kier molecular flexibility index (Phi) is 9.10. The average molecular weight is 546 g/mol. The maximum Gasteiger partial charge on any atom is 0.405 e. The molecule has 4 atom stereocenters. The highest BCUT2D eigenvalue weighted by molar-refractivity contribution is 7.13. The van der Waals surface area contributed by atoms with Gasteiger partial charge in [0.15, 0.2) is 0 Å². The molecule has 1 aliphatic heterocycles. The van der Waals surface area contributed by atoms with Gasteiger partial charge in [0.1, 0.15) is 18.6 Å². The van der Waals surface area contributed by atoms with E-state index in [1.807, 2.05) is 43.4 Å². The van der Waals surface area contributed by atoms with Gasteiger partial charge in [0, 0.05) is 13.0 Å². The number of rotatable bonds is 8. The molecule has 38 heavy (non-hydrogen) atoms. The van der Waals surface area contributed by atoms with Crippen molar-refractivity contribution in [3.8, 4) is 10.4 Å². The zero-order chi connectivity index (χ0) is 28.2. The minimum atomic E-state index is -1.36. The lowest BCUT2D eigenvalue weighted by atomic mass is 9.85. The molecule has 11 nitrogen and oxygen atoms in total. The number of carboxylic acid groups (broad SMARTS) is 1. The molecule has 1 fully saturated rings. The number of likely N-dealkylation sites (tertiary alicyclic amines) is 1. The summed E-state index contributed by atoms with van der Waals surface area (Å²) in [6.45, 7) is 8.49. The second kappa shape index (κ2) is 11.9. The number of amides is 4. The third-order valence-corrected chi connectivity index (χ3v) is 7.44. The van der Waals surface area contributed by atoms with E-state index in [-0.39, 0.29) is 19.0 Å². The van der Waals surface area contributed by atoms with Crippen molar-refractivity contribution >= 4 is 35.2 Å². The van der Waals surface area contributed by atoms with Crippen molar-refractivity contribution < 1.29 is 29.4 Å². The normalized spacial score (nSPS) is 18.9. The van der Waals surface area contributed by atoms with Crippen LogP contribution in [0.5, 0.6) is 0 Å². The number of carbonyl (C=O) groups excluding carboxylic acids is 3. The fraction of sp³-hybridized carbons (Fsp3) is 0.500. The molecule has 2 heterocycles. The van der Waals surface area contributed by atoms with Crippen molar-refractivity contribution in [2.24, 2.45) is 5.41 Å². The van der Waals surface area contributed by atoms with Gasteiger partial charge in [0.25, 0.3) is 0 Å². The topological polar surface area (TPSA) is 161 Å². The molecule has 12 heteroatoms. The summed E-state index contributed by atoms with van der Waals surface area (Å²) >= 11 is 1.56. The first-order chi connectivity index (χ1) is 17.8. The molecule has 0 bridgehead atoms. The number of β-amino-alcohol motifs (C(OH)–C–C–N with tert-alkyl or cyclic N) is 1. The van der Waals surface area contributed by atoms with E-state index < -0.39 is 54.0 Å². The van der Waals surface area contributed by atoms with E-state index in [4.69, 9.17) is 5.11 Å². The van der Waals surface area contributed by atoms with Gasteiger partial charge in [-0.25, -0.2) is 9.78 Å². The summed E-state index contributed by atoms with van der Waals surface area (Å²) in [5.74, 6) is -1.60. The second-order valence-electron chi connectivity index (χ2n) is 10.5. The Morgan fingerprint density at radius 1 is 1.16 bits per heavy atom. The number of aliphatic hydroxyl groups excluding tert-OH is 1. The van der Waals surface area contributed by atoms with E-state index in [1.165, 1.54) is 4.90 Å². The zero-order valence-electron chi connectivity index (χ0n) is 22.1. The van der Waals surface area contributed by atoms with Crippen LogP contribution in [0.4, 0.5) is 4.79 Å². The Hall–Kier alpha value is -3.51. The number of benzene rings is 1. The molecule has 0 radical (unpaired) electrons. The SMILES string of the molecule is Cc1ncsc1-c1ccc([C@H](C)NC(=O)[C@@H]2C[C@@H](O)CN2C(=O)C(NC(=O)CNC(=O)O)C(C)(C)C)cc1. The third-order valence-electron chi connectivity index (χ3n) is 6.46. The van der Waals surface area contributed by atoms with E-state index in [0.29, 0.717) is 0 Å². The van der Waals surface area contributed by atoms with Crippen LogP contribution in [0.2, 0.25) is 0 Å². The summed E-state index contributed by atoms with van der Waals surface area (Å²) < 4.78 is 0. The minimum absolute atomic E-state index is 0.0516. The van der Waals surface area contributed by atoms with Gasteiger partial charge in [0.05, 0.1) is 28.2 Å². The summed E-state index contributed by atoms with van der Waals surface area (Å²) in [5, 5.41) is 26.6. The van der Waals surface area contributed by atoms with Crippen LogP contribution in [0.15, 0.2) is 29.8 Å². The monoisotopic (exact) mass is 545 g/mol. The van der Waals surface area contributed by atoms with Crippen LogP contribution in [-0.2, 0) is 14.4 Å². The Bertz CT molecular complexity index is 1180. The Labute approximate surface area is 225 Å². The van der Waals surface area contributed by atoms with Crippen LogP contribution in [0.1, 0.15) is 51.4 Å². The molecular weight excluding hydrogens is 510 g/mol. The highest BCUT2D eigenvalue weighted by Gasteiger charge is 2.44. The Balaban J connectivity index is 1.71. The van der Waals surface area contributed by atoms with Crippen LogP contribution in [0.3, 0.4) is 0 Å². The number of hydrogen-bond acceptors (Lipinski definition) is 7. The second-order valence-corrected chi connectivity index (χ2v) is 11.4. The number of nitrogens with one attached hydrogen (secondary N) is 3. The van der Waals surface area contributed by atoms with Gasteiger partial charge in [-0.05, 0) is 30.4 Å². The van der Waals surface area contributed by atoms with Crippen LogP contribution in [-0.4, -0.2) is 75.2 Å². The number of aryl methyl sites for hydroxylation is 1. The molecular formula is C26H35N5O6S. The first-order valence-corrected chi connectivity index (χ1v) is 13.2. The molecule has 0 saturated carbocycles. The highest BCUT2D eigenvalue weighted by Crippen LogP contribution is 2.29. The molecule has 1 saturated heterocycles. The van der Waals surface area contributed by atoms with Crippen LogP contribution in [0, 0.1) is 12.3 Å². The van der Waals surface area contributed by atoms with Gasteiger partial charge in [-0.3, -0.25) is 14.4 Å². The minimum Gasteiger partial charge on any atom is -0.465 e. The number of aliphatic hydroxyl groups is 1. The quantitative estimate of drug-likeness (QED) is 0.339. The molecule has 1 aromatic carbocycles. The first-order valence-electron chi connectivity index (χ1n) is 12.3. The zero-order valence-corrected chi connectivity index (χ0v) is 23.0. The largest absolute Gasteiger partial charge is 0.465 e. The summed E-state index contributed by atoms with van der Waals surface area (Å²) in [5.41, 5.74) is 3.93. The predicted octanol–water partition coefficient (Wildman–Crippen LogP) is 2.06. The van der Waals surface area contributed by atoms with Crippen molar-refractivity contribution in [2.75, 3.05) is 13.1 Å². The van der Waals surface area contributed by atoms with Gasteiger partial charge in [-0.2, -0.15) is 0 Å². The van der Waals surface area contributed by atoms with Gasteiger partial charge in [0.2, 0.25) is 17.7 Å².